The van der Waals surface area contributed by atoms with E-state index in [2.05, 4.69) is 57.4 Å². The molecule has 0 aliphatic rings. The van der Waals surface area contributed by atoms with E-state index < -0.39 is 0 Å². The third-order valence-electron chi connectivity index (χ3n) is 3.28. The van der Waals surface area contributed by atoms with Crippen LogP contribution >= 0.6 is 15.9 Å². The molecule has 0 amide bonds. The zero-order chi connectivity index (χ0) is 13.2. The van der Waals surface area contributed by atoms with Gasteiger partial charge in [0.1, 0.15) is 5.75 Å². The van der Waals surface area contributed by atoms with Gasteiger partial charge in [0.2, 0.25) is 0 Å². The second kappa shape index (κ2) is 5.10. The molecule has 0 radical (unpaired) electrons. The summed E-state index contributed by atoms with van der Waals surface area (Å²) in [4.78, 5) is 3.31. The molecule has 19 heavy (non-hydrogen) atoms. The maximum absolute atomic E-state index is 5.18. The summed E-state index contributed by atoms with van der Waals surface area (Å²) in [7, 11) is 1.69. The number of nitrogens with one attached hydrogen (secondary N) is 1. The molecular formula is C16H14BrNO. The van der Waals surface area contributed by atoms with Crippen molar-refractivity contribution in [3.05, 3.63) is 64.3 Å². The summed E-state index contributed by atoms with van der Waals surface area (Å²) >= 11 is 3.53. The van der Waals surface area contributed by atoms with Crippen LogP contribution in [0.25, 0.3) is 10.9 Å². The Hall–Kier alpha value is -1.74. The van der Waals surface area contributed by atoms with Crippen molar-refractivity contribution in [3.63, 3.8) is 0 Å². The fourth-order valence-electron chi connectivity index (χ4n) is 2.26. The van der Waals surface area contributed by atoms with Crippen molar-refractivity contribution in [2.24, 2.45) is 0 Å². The summed E-state index contributed by atoms with van der Waals surface area (Å²) in [6, 6.07) is 14.5. The second-order valence-corrected chi connectivity index (χ2v) is 5.44. The number of hydrogen-bond acceptors (Lipinski definition) is 1. The fraction of sp³-hybridized carbons (Fsp3) is 0.125. The van der Waals surface area contributed by atoms with Gasteiger partial charge < -0.3 is 9.72 Å². The van der Waals surface area contributed by atoms with Crippen molar-refractivity contribution in [2.45, 2.75) is 6.42 Å². The Morgan fingerprint density at radius 1 is 1.11 bits per heavy atom. The molecule has 0 aliphatic heterocycles. The highest BCUT2D eigenvalue weighted by atomic mass is 79.9. The number of methoxy groups -OCH3 is 1. The van der Waals surface area contributed by atoms with Gasteiger partial charge in [0.15, 0.2) is 0 Å². The van der Waals surface area contributed by atoms with Gasteiger partial charge in [-0.15, -0.1) is 0 Å². The molecule has 0 fully saturated rings. The van der Waals surface area contributed by atoms with Gasteiger partial charge >= 0.3 is 0 Å². The van der Waals surface area contributed by atoms with Crippen LogP contribution in [0.3, 0.4) is 0 Å². The first kappa shape index (κ1) is 12.3. The Bertz CT molecular complexity index is 700. The van der Waals surface area contributed by atoms with E-state index in [1.54, 1.807) is 7.11 Å². The fourth-order valence-corrected chi connectivity index (χ4v) is 2.62. The number of aromatic amines is 1. The summed E-state index contributed by atoms with van der Waals surface area (Å²) in [5.41, 5.74) is 3.76. The molecule has 0 aliphatic carbocycles. The molecule has 0 saturated heterocycles. The Labute approximate surface area is 120 Å². The van der Waals surface area contributed by atoms with Crippen LogP contribution in [-0.4, -0.2) is 12.1 Å². The van der Waals surface area contributed by atoms with Gasteiger partial charge in [0, 0.05) is 21.6 Å². The van der Waals surface area contributed by atoms with Gasteiger partial charge in [-0.1, -0.05) is 28.1 Å². The number of H-pyrrole nitrogens is 1. The van der Waals surface area contributed by atoms with Crippen LogP contribution in [0.1, 0.15) is 11.1 Å². The highest BCUT2D eigenvalue weighted by molar-refractivity contribution is 9.10. The van der Waals surface area contributed by atoms with E-state index in [-0.39, 0.29) is 0 Å². The van der Waals surface area contributed by atoms with Crippen LogP contribution in [0.5, 0.6) is 5.75 Å². The molecule has 3 heteroatoms. The van der Waals surface area contributed by atoms with Crippen molar-refractivity contribution < 1.29 is 4.74 Å². The third-order valence-corrected chi connectivity index (χ3v) is 3.78. The average Bonchev–Trinajstić information content (AvgIpc) is 2.82. The van der Waals surface area contributed by atoms with E-state index in [1.807, 2.05) is 12.1 Å². The summed E-state index contributed by atoms with van der Waals surface area (Å²) in [6.45, 7) is 0. The molecule has 0 saturated carbocycles. The minimum Gasteiger partial charge on any atom is -0.497 e. The molecule has 2 nitrogen and oxygen atoms in total. The Morgan fingerprint density at radius 2 is 1.89 bits per heavy atom. The molecule has 3 rings (SSSR count). The maximum atomic E-state index is 5.18. The van der Waals surface area contributed by atoms with Gasteiger partial charge in [-0.25, -0.2) is 0 Å². The zero-order valence-corrected chi connectivity index (χ0v) is 12.2. The number of hydrogen-bond donors (Lipinski definition) is 1. The minimum atomic E-state index is 0.894. The van der Waals surface area contributed by atoms with Gasteiger partial charge in [0.05, 0.1) is 7.11 Å². The summed E-state index contributed by atoms with van der Waals surface area (Å²) in [6.07, 6.45) is 3.00. The van der Waals surface area contributed by atoms with Crippen molar-refractivity contribution >= 4 is 26.8 Å². The molecule has 0 unspecified atom stereocenters. The highest BCUT2D eigenvalue weighted by Crippen LogP contribution is 2.25. The number of halogens is 1. The normalized spacial score (nSPS) is 10.8. The van der Waals surface area contributed by atoms with Crippen LogP contribution in [-0.2, 0) is 6.42 Å². The molecule has 96 valence electrons. The van der Waals surface area contributed by atoms with Gasteiger partial charge in [-0.05, 0) is 47.9 Å². The minimum absolute atomic E-state index is 0.894. The molecule has 2 aromatic carbocycles. The monoisotopic (exact) mass is 315 g/mol. The SMILES string of the molecule is COc1ccc(Cc2c[nH]c3ccc(Br)cc23)cc1. The topological polar surface area (TPSA) is 25.0 Å². The zero-order valence-electron chi connectivity index (χ0n) is 10.6. The average molecular weight is 316 g/mol. The first-order valence-corrected chi connectivity index (χ1v) is 6.94. The quantitative estimate of drug-likeness (QED) is 0.754. The van der Waals surface area contributed by atoms with Crippen LogP contribution in [0.15, 0.2) is 53.1 Å². The van der Waals surface area contributed by atoms with Crippen molar-refractivity contribution in [3.8, 4) is 5.75 Å². The van der Waals surface area contributed by atoms with E-state index in [0.717, 1.165) is 16.6 Å². The number of rotatable bonds is 3. The first-order chi connectivity index (χ1) is 9.26. The predicted molar refractivity (Wildman–Crippen MR) is 81.8 cm³/mol. The largest absolute Gasteiger partial charge is 0.497 e. The highest BCUT2D eigenvalue weighted by Gasteiger charge is 2.05. The van der Waals surface area contributed by atoms with Crippen LogP contribution < -0.4 is 4.74 Å². The van der Waals surface area contributed by atoms with E-state index in [0.29, 0.717) is 0 Å². The standard InChI is InChI=1S/C16H14BrNO/c1-19-14-5-2-11(3-6-14)8-12-10-18-16-7-4-13(17)9-15(12)16/h2-7,9-10,18H,8H2,1H3. The summed E-state index contributed by atoms with van der Waals surface area (Å²) < 4.78 is 6.28. The first-order valence-electron chi connectivity index (χ1n) is 6.15. The molecular weight excluding hydrogens is 302 g/mol. The molecule has 0 atom stereocenters. The Morgan fingerprint density at radius 3 is 2.63 bits per heavy atom. The molecule has 1 N–H and O–H groups in total. The molecule has 0 bridgehead atoms. The van der Waals surface area contributed by atoms with Crippen molar-refractivity contribution in [1.29, 1.82) is 0 Å². The van der Waals surface area contributed by atoms with Crippen molar-refractivity contribution in [2.75, 3.05) is 7.11 Å². The number of ether oxygens (including phenoxy) is 1. The lowest BCUT2D eigenvalue weighted by Crippen LogP contribution is -1.88. The molecule has 3 aromatic rings. The Kier molecular flexibility index (Phi) is 3.30. The smallest absolute Gasteiger partial charge is 0.118 e. The third kappa shape index (κ3) is 2.51. The van der Waals surface area contributed by atoms with Crippen LogP contribution in [0, 0.1) is 0 Å². The van der Waals surface area contributed by atoms with Crippen molar-refractivity contribution in [1.82, 2.24) is 4.98 Å². The Balaban J connectivity index is 1.93. The second-order valence-electron chi connectivity index (χ2n) is 4.53. The molecule has 1 aromatic heterocycles. The lowest BCUT2D eigenvalue weighted by atomic mass is 10.0. The van der Waals surface area contributed by atoms with E-state index >= 15 is 0 Å². The van der Waals surface area contributed by atoms with Gasteiger partial charge in [-0.3, -0.25) is 0 Å². The van der Waals surface area contributed by atoms with E-state index in [1.165, 1.54) is 22.0 Å². The predicted octanol–water partition coefficient (Wildman–Crippen LogP) is 4.53. The maximum Gasteiger partial charge on any atom is 0.118 e. The number of benzene rings is 2. The van der Waals surface area contributed by atoms with E-state index in [4.69, 9.17) is 4.74 Å². The summed E-state index contributed by atoms with van der Waals surface area (Å²) in [5, 5.41) is 1.27. The van der Waals surface area contributed by atoms with Gasteiger partial charge in [-0.2, -0.15) is 0 Å². The number of aromatic nitrogens is 1. The molecule has 1 heterocycles. The lowest BCUT2D eigenvalue weighted by Gasteiger charge is -2.03. The van der Waals surface area contributed by atoms with Crippen LogP contribution in [0.2, 0.25) is 0 Å². The van der Waals surface area contributed by atoms with E-state index in [9.17, 15) is 0 Å². The lowest BCUT2D eigenvalue weighted by molar-refractivity contribution is 0.414. The molecule has 0 spiro atoms. The van der Waals surface area contributed by atoms with Gasteiger partial charge in [0.25, 0.3) is 0 Å². The van der Waals surface area contributed by atoms with Crippen LogP contribution in [0.4, 0.5) is 0 Å². The number of fused-ring (bicyclic) bond motifs is 1. The summed E-state index contributed by atoms with van der Waals surface area (Å²) in [5.74, 6) is 0.894.